The fourth-order valence-corrected chi connectivity index (χ4v) is 2.73. The molecule has 2 aromatic carbocycles. The molecule has 0 bridgehead atoms. The highest BCUT2D eigenvalue weighted by Crippen LogP contribution is 2.30. The average Bonchev–Trinajstić information content (AvgIpc) is 2.35. The van der Waals surface area contributed by atoms with E-state index < -0.39 is 10.7 Å². The van der Waals surface area contributed by atoms with Crippen LogP contribution in [-0.4, -0.2) is 4.92 Å². The Kier molecular flexibility index (Phi) is 4.66. The van der Waals surface area contributed by atoms with Crippen molar-refractivity contribution in [1.82, 2.24) is 0 Å². The molecule has 1 N–H and O–H groups in total. The van der Waals surface area contributed by atoms with Crippen LogP contribution in [0.25, 0.3) is 0 Å². The van der Waals surface area contributed by atoms with Crippen LogP contribution >= 0.6 is 45.8 Å². The van der Waals surface area contributed by atoms with Gasteiger partial charge in [-0.25, -0.2) is 4.39 Å². The fourth-order valence-electron chi connectivity index (χ4n) is 1.53. The first kappa shape index (κ1) is 15.3. The number of nitro benzene ring substituents is 1. The van der Waals surface area contributed by atoms with Crippen LogP contribution in [0.3, 0.4) is 0 Å². The summed E-state index contributed by atoms with van der Waals surface area (Å²) in [6.07, 6.45) is 0. The molecule has 0 amide bonds. The maximum absolute atomic E-state index is 13.3. The van der Waals surface area contributed by atoms with Gasteiger partial charge in [-0.1, -0.05) is 23.2 Å². The average molecular weight is 427 g/mol. The second kappa shape index (κ2) is 6.11. The minimum absolute atomic E-state index is 0.0197. The van der Waals surface area contributed by atoms with Gasteiger partial charge in [0.1, 0.15) is 0 Å². The molecule has 0 heterocycles. The van der Waals surface area contributed by atoms with Crippen LogP contribution < -0.4 is 5.32 Å². The standard InChI is InChI=1S/C12H6Cl2FIN2O2/c13-8-3-7(4-9(14)12(8)15)17-6-1-2-11(18(19)20)10(16)5-6/h1-5,17H. The number of benzene rings is 2. The molecule has 8 heteroatoms. The van der Waals surface area contributed by atoms with Crippen molar-refractivity contribution >= 4 is 62.9 Å². The van der Waals surface area contributed by atoms with Crippen molar-refractivity contribution in [2.75, 3.05) is 5.32 Å². The van der Waals surface area contributed by atoms with Crippen molar-refractivity contribution in [1.29, 1.82) is 0 Å². The Balaban J connectivity index is 2.31. The number of nitrogens with one attached hydrogen (secondary N) is 1. The van der Waals surface area contributed by atoms with Crippen LogP contribution in [0.1, 0.15) is 0 Å². The van der Waals surface area contributed by atoms with Gasteiger partial charge in [0.25, 0.3) is 5.69 Å². The van der Waals surface area contributed by atoms with Gasteiger partial charge >= 0.3 is 0 Å². The lowest BCUT2D eigenvalue weighted by Gasteiger charge is -2.09. The topological polar surface area (TPSA) is 55.2 Å². The Labute approximate surface area is 137 Å². The van der Waals surface area contributed by atoms with Crippen molar-refractivity contribution in [2.45, 2.75) is 0 Å². The van der Waals surface area contributed by atoms with E-state index >= 15 is 0 Å². The van der Waals surface area contributed by atoms with Crippen LogP contribution in [0.5, 0.6) is 0 Å². The Hall–Kier alpha value is -1.12. The fraction of sp³-hybridized carbons (Fsp3) is 0. The Bertz CT molecular complexity index is 674. The van der Waals surface area contributed by atoms with E-state index in [1.54, 1.807) is 12.1 Å². The zero-order chi connectivity index (χ0) is 14.9. The minimum atomic E-state index is -0.683. The van der Waals surface area contributed by atoms with E-state index in [1.165, 1.54) is 18.2 Å². The van der Waals surface area contributed by atoms with Gasteiger partial charge in [-0.15, -0.1) is 0 Å². The third kappa shape index (κ3) is 3.31. The van der Waals surface area contributed by atoms with Gasteiger partial charge in [0.2, 0.25) is 0 Å². The zero-order valence-corrected chi connectivity index (χ0v) is 13.3. The van der Waals surface area contributed by atoms with Gasteiger partial charge < -0.3 is 5.32 Å². The van der Waals surface area contributed by atoms with E-state index in [-0.39, 0.29) is 15.7 Å². The van der Waals surface area contributed by atoms with Crippen LogP contribution in [0.4, 0.5) is 21.5 Å². The molecule has 0 fully saturated rings. The molecule has 0 aliphatic heterocycles. The molecule has 0 saturated carbocycles. The molecular weight excluding hydrogens is 421 g/mol. The first-order valence-electron chi connectivity index (χ1n) is 5.24. The highest BCUT2D eigenvalue weighted by Gasteiger charge is 2.12. The zero-order valence-electron chi connectivity index (χ0n) is 9.66. The second-order valence-electron chi connectivity index (χ2n) is 3.80. The molecule has 0 atom stereocenters. The lowest BCUT2D eigenvalue weighted by Crippen LogP contribution is -1.95. The van der Waals surface area contributed by atoms with Gasteiger partial charge in [0.05, 0.1) is 18.5 Å². The van der Waals surface area contributed by atoms with E-state index in [2.05, 4.69) is 5.32 Å². The molecule has 2 aromatic rings. The van der Waals surface area contributed by atoms with E-state index in [0.29, 0.717) is 14.9 Å². The molecule has 20 heavy (non-hydrogen) atoms. The van der Waals surface area contributed by atoms with E-state index in [1.807, 2.05) is 22.6 Å². The van der Waals surface area contributed by atoms with Crippen molar-refractivity contribution < 1.29 is 9.31 Å². The van der Waals surface area contributed by atoms with Crippen LogP contribution in [0.2, 0.25) is 10.0 Å². The van der Waals surface area contributed by atoms with Gasteiger partial charge in [-0.3, -0.25) is 10.1 Å². The molecular formula is C12H6Cl2FIN2O2. The summed E-state index contributed by atoms with van der Waals surface area (Å²) in [4.78, 5) is 10.3. The second-order valence-corrected chi connectivity index (χ2v) is 5.78. The van der Waals surface area contributed by atoms with E-state index in [4.69, 9.17) is 23.2 Å². The van der Waals surface area contributed by atoms with Crippen LogP contribution in [0, 0.1) is 19.5 Å². The number of halogens is 4. The Morgan fingerprint density at radius 1 is 1.15 bits per heavy atom. The van der Waals surface area contributed by atoms with Gasteiger partial charge in [-0.05, 0) is 46.9 Å². The largest absolute Gasteiger partial charge is 0.355 e. The molecule has 0 aliphatic rings. The van der Waals surface area contributed by atoms with Crippen LogP contribution in [0.15, 0.2) is 30.3 Å². The lowest BCUT2D eigenvalue weighted by atomic mass is 10.2. The van der Waals surface area contributed by atoms with Gasteiger partial charge in [0.15, 0.2) is 5.82 Å². The van der Waals surface area contributed by atoms with Gasteiger partial charge in [-0.2, -0.15) is 0 Å². The van der Waals surface area contributed by atoms with Crippen molar-refractivity contribution in [3.05, 3.63) is 59.9 Å². The van der Waals surface area contributed by atoms with E-state index in [0.717, 1.165) is 0 Å². The smallest absolute Gasteiger partial charge is 0.282 e. The van der Waals surface area contributed by atoms with Crippen molar-refractivity contribution in [2.24, 2.45) is 0 Å². The summed E-state index contributed by atoms with van der Waals surface area (Å²) in [6, 6.07) is 7.31. The van der Waals surface area contributed by atoms with Crippen molar-refractivity contribution in [3.8, 4) is 0 Å². The highest BCUT2D eigenvalue weighted by molar-refractivity contribution is 14.1. The highest BCUT2D eigenvalue weighted by atomic mass is 127. The number of nitro groups is 1. The van der Waals surface area contributed by atoms with Gasteiger partial charge in [0, 0.05) is 17.4 Å². The third-order valence-electron chi connectivity index (χ3n) is 2.42. The Morgan fingerprint density at radius 2 is 1.75 bits per heavy atom. The molecule has 0 spiro atoms. The minimum Gasteiger partial charge on any atom is -0.355 e. The number of rotatable bonds is 3. The normalized spacial score (nSPS) is 10.4. The summed E-state index contributed by atoms with van der Waals surface area (Å²) in [7, 11) is 0. The summed E-state index contributed by atoms with van der Waals surface area (Å²) in [5.74, 6) is -0.683. The molecule has 0 aromatic heterocycles. The summed E-state index contributed by atoms with van der Waals surface area (Å²) in [5.41, 5.74) is 1.12. The maximum Gasteiger partial charge on any atom is 0.282 e. The summed E-state index contributed by atoms with van der Waals surface area (Å²) < 4.78 is 13.8. The maximum atomic E-state index is 13.3. The number of nitrogens with zero attached hydrogens (tertiary/aromatic N) is 1. The summed E-state index contributed by atoms with van der Waals surface area (Å²) >= 11 is 13.3. The Morgan fingerprint density at radius 3 is 2.25 bits per heavy atom. The first-order chi connectivity index (χ1) is 9.38. The molecule has 0 radical (unpaired) electrons. The number of hydrogen-bond donors (Lipinski definition) is 1. The summed E-state index contributed by atoms with van der Waals surface area (Å²) in [6.45, 7) is 0. The SMILES string of the molecule is O=[N+]([O-])c1ccc(Nc2cc(Cl)c(F)c(Cl)c2)cc1I. The molecule has 0 saturated heterocycles. The number of hydrogen-bond acceptors (Lipinski definition) is 3. The molecule has 0 unspecified atom stereocenters. The number of anilines is 2. The van der Waals surface area contributed by atoms with E-state index in [9.17, 15) is 14.5 Å². The molecule has 104 valence electrons. The lowest BCUT2D eigenvalue weighted by molar-refractivity contribution is -0.385. The molecule has 0 aliphatic carbocycles. The van der Waals surface area contributed by atoms with Crippen molar-refractivity contribution in [3.63, 3.8) is 0 Å². The first-order valence-corrected chi connectivity index (χ1v) is 7.07. The third-order valence-corrected chi connectivity index (χ3v) is 3.83. The predicted octanol–water partition coefficient (Wildman–Crippen LogP) is 5.39. The predicted molar refractivity (Wildman–Crippen MR) is 85.5 cm³/mol. The quantitative estimate of drug-likeness (QED) is 0.310. The monoisotopic (exact) mass is 426 g/mol. The van der Waals surface area contributed by atoms with Crippen LogP contribution in [-0.2, 0) is 0 Å². The molecule has 4 nitrogen and oxygen atoms in total. The molecule has 2 rings (SSSR count). The summed E-state index contributed by atoms with van der Waals surface area (Å²) in [5, 5.41) is 13.5.